The molecular formula is C17H23NO. The largest absolute Gasteiger partial charge is 0.335 e. The molecule has 1 heterocycles. The number of carbonyl (C=O) groups is 1. The van der Waals surface area contributed by atoms with Crippen LogP contribution in [0.1, 0.15) is 38.8 Å². The first-order chi connectivity index (χ1) is 8.93. The third-order valence-electron chi connectivity index (χ3n) is 3.77. The molecule has 2 atom stereocenters. The van der Waals surface area contributed by atoms with Gasteiger partial charge in [-0.05, 0) is 11.0 Å². The van der Waals surface area contributed by atoms with E-state index in [4.69, 9.17) is 0 Å². The van der Waals surface area contributed by atoms with Gasteiger partial charge in [-0.15, -0.1) is 6.58 Å². The minimum absolute atomic E-state index is 0.0209. The Morgan fingerprint density at radius 3 is 2.42 bits per heavy atom. The zero-order valence-corrected chi connectivity index (χ0v) is 12.1. The highest BCUT2D eigenvalue weighted by Gasteiger charge is 2.39. The average Bonchev–Trinajstić information content (AvgIpc) is 2.71. The van der Waals surface area contributed by atoms with Crippen molar-refractivity contribution in [2.24, 2.45) is 11.3 Å². The quantitative estimate of drug-likeness (QED) is 0.754. The first-order valence-electron chi connectivity index (χ1n) is 6.90. The fourth-order valence-electron chi connectivity index (χ4n) is 2.95. The number of nitrogens with zero attached hydrogens (tertiary/aromatic N) is 1. The molecule has 2 heteroatoms. The van der Waals surface area contributed by atoms with Crippen molar-refractivity contribution in [2.75, 3.05) is 6.54 Å². The lowest BCUT2D eigenvalue weighted by Crippen LogP contribution is -2.38. The lowest BCUT2D eigenvalue weighted by Gasteiger charge is -2.38. The van der Waals surface area contributed by atoms with Crippen LogP contribution in [0.3, 0.4) is 0 Å². The molecule has 0 radical (unpaired) electrons. The van der Waals surface area contributed by atoms with Crippen LogP contribution in [-0.4, -0.2) is 17.4 Å². The molecule has 1 aromatic carbocycles. The number of likely N-dealkylation sites (tertiary alicyclic amines) is 1. The molecule has 2 unspecified atom stereocenters. The molecule has 1 aliphatic heterocycles. The lowest BCUT2D eigenvalue weighted by molar-refractivity contribution is -0.132. The Balaban J connectivity index is 2.35. The highest BCUT2D eigenvalue weighted by molar-refractivity contribution is 5.79. The van der Waals surface area contributed by atoms with Gasteiger partial charge in [0.05, 0.1) is 6.04 Å². The summed E-state index contributed by atoms with van der Waals surface area (Å²) in [5.41, 5.74) is 1.24. The van der Waals surface area contributed by atoms with Gasteiger partial charge in [0.15, 0.2) is 0 Å². The fourth-order valence-corrected chi connectivity index (χ4v) is 2.95. The van der Waals surface area contributed by atoms with E-state index in [0.717, 1.165) is 6.54 Å². The van der Waals surface area contributed by atoms with Crippen molar-refractivity contribution in [3.05, 3.63) is 48.6 Å². The van der Waals surface area contributed by atoms with Gasteiger partial charge in [0.1, 0.15) is 0 Å². The first-order valence-corrected chi connectivity index (χ1v) is 6.90. The Hall–Kier alpha value is -1.57. The number of rotatable bonds is 3. The molecule has 0 aliphatic carbocycles. The van der Waals surface area contributed by atoms with E-state index in [9.17, 15) is 4.79 Å². The SMILES string of the molecule is C=CC1CC(=O)N(C(c2ccccc2)C(C)(C)C)C1. The lowest BCUT2D eigenvalue weighted by atomic mass is 9.81. The second kappa shape index (κ2) is 5.20. The van der Waals surface area contributed by atoms with Crippen molar-refractivity contribution in [2.45, 2.75) is 33.2 Å². The van der Waals surface area contributed by atoms with Gasteiger partial charge >= 0.3 is 0 Å². The van der Waals surface area contributed by atoms with E-state index < -0.39 is 0 Å². The number of carbonyl (C=O) groups excluding carboxylic acids is 1. The second-order valence-electron chi connectivity index (χ2n) is 6.43. The Morgan fingerprint density at radius 1 is 1.32 bits per heavy atom. The van der Waals surface area contributed by atoms with Gasteiger partial charge in [0.25, 0.3) is 0 Å². The van der Waals surface area contributed by atoms with Crippen LogP contribution in [0.2, 0.25) is 0 Å². The maximum atomic E-state index is 12.3. The van der Waals surface area contributed by atoms with E-state index in [1.807, 2.05) is 29.2 Å². The van der Waals surface area contributed by atoms with Crippen molar-refractivity contribution in [3.8, 4) is 0 Å². The molecule has 2 nitrogen and oxygen atoms in total. The summed E-state index contributed by atoms with van der Waals surface area (Å²) in [6.45, 7) is 11.2. The van der Waals surface area contributed by atoms with E-state index in [1.54, 1.807) is 0 Å². The molecule has 19 heavy (non-hydrogen) atoms. The van der Waals surface area contributed by atoms with Gasteiger partial charge in [0.2, 0.25) is 5.91 Å². The van der Waals surface area contributed by atoms with Crippen LogP contribution in [-0.2, 0) is 4.79 Å². The summed E-state index contributed by atoms with van der Waals surface area (Å²) >= 11 is 0. The topological polar surface area (TPSA) is 20.3 Å². The minimum atomic E-state index is 0.0209. The minimum Gasteiger partial charge on any atom is -0.335 e. The van der Waals surface area contributed by atoms with E-state index in [1.165, 1.54) is 5.56 Å². The van der Waals surface area contributed by atoms with E-state index in [2.05, 4.69) is 39.5 Å². The molecule has 0 N–H and O–H groups in total. The number of amides is 1. The van der Waals surface area contributed by atoms with E-state index in [0.29, 0.717) is 12.3 Å². The maximum Gasteiger partial charge on any atom is 0.223 e. The van der Waals surface area contributed by atoms with Gasteiger partial charge in [-0.1, -0.05) is 57.2 Å². The van der Waals surface area contributed by atoms with Crippen LogP contribution in [0.5, 0.6) is 0 Å². The molecule has 1 aromatic rings. The molecule has 0 bridgehead atoms. The highest BCUT2D eigenvalue weighted by atomic mass is 16.2. The highest BCUT2D eigenvalue weighted by Crippen LogP contribution is 2.41. The Kier molecular flexibility index (Phi) is 3.79. The van der Waals surface area contributed by atoms with Crippen LogP contribution in [0.15, 0.2) is 43.0 Å². The molecule has 1 amide bonds. The third-order valence-corrected chi connectivity index (χ3v) is 3.77. The van der Waals surface area contributed by atoms with Crippen LogP contribution in [0.4, 0.5) is 0 Å². The summed E-state index contributed by atoms with van der Waals surface area (Å²) in [5.74, 6) is 0.537. The third kappa shape index (κ3) is 2.89. The smallest absolute Gasteiger partial charge is 0.223 e. The van der Waals surface area contributed by atoms with E-state index in [-0.39, 0.29) is 17.4 Å². The predicted molar refractivity (Wildman–Crippen MR) is 78.7 cm³/mol. The normalized spacial score (nSPS) is 21.5. The zero-order valence-electron chi connectivity index (χ0n) is 12.1. The standard InChI is InChI=1S/C17H23NO/c1-5-13-11-15(19)18(12-13)16(17(2,3)4)14-9-7-6-8-10-14/h5-10,13,16H,1,11-12H2,2-4H3. The van der Waals surface area contributed by atoms with Crippen molar-refractivity contribution in [1.82, 2.24) is 4.90 Å². The second-order valence-corrected chi connectivity index (χ2v) is 6.43. The van der Waals surface area contributed by atoms with Crippen molar-refractivity contribution in [1.29, 1.82) is 0 Å². The van der Waals surface area contributed by atoms with Crippen molar-refractivity contribution in [3.63, 3.8) is 0 Å². The molecule has 1 fully saturated rings. The molecule has 0 aromatic heterocycles. The monoisotopic (exact) mass is 257 g/mol. The molecule has 0 saturated carbocycles. The number of hydrogen-bond donors (Lipinski definition) is 0. The molecule has 1 aliphatic rings. The summed E-state index contributed by atoms with van der Waals surface area (Å²) in [6.07, 6.45) is 2.51. The summed E-state index contributed by atoms with van der Waals surface area (Å²) in [4.78, 5) is 14.3. The average molecular weight is 257 g/mol. The van der Waals surface area contributed by atoms with Gasteiger partial charge in [-0.2, -0.15) is 0 Å². The zero-order chi connectivity index (χ0) is 14.0. The van der Waals surface area contributed by atoms with Crippen LogP contribution < -0.4 is 0 Å². The van der Waals surface area contributed by atoms with Crippen LogP contribution in [0.25, 0.3) is 0 Å². The Labute approximate surface area is 116 Å². The first kappa shape index (κ1) is 13.9. The van der Waals surface area contributed by atoms with Gasteiger partial charge in [0, 0.05) is 18.9 Å². The number of benzene rings is 1. The van der Waals surface area contributed by atoms with E-state index >= 15 is 0 Å². The summed E-state index contributed by atoms with van der Waals surface area (Å²) in [6, 6.07) is 10.5. The summed E-state index contributed by atoms with van der Waals surface area (Å²) in [7, 11) is 0. The Bertz CT molecular complexity index is 458. The van der Waals surface area contributed by atoms with Gasteiger partial charge in [-0.3, -0.25) is 4.79 Å². The number of hydrogen-bond acceptors (Lipinski definition) is 1. The summed E-state index contributed by atoms with van der Waals surface area (Å²) < 4.78 is 0. The molecule has 0 spiro atoms. The molecule has 1 saturated heterocycles. The van der Waals surface area contributed by atoms with Crippen molar-refractivity contribution >= 4 is 5.91 Å². The predicted octanol–water partition coefficient (Wildman–Crippen LogP) is 3.81. The van der Waals surface area contributed by atoms with Crippen LogP contribution >= 0.6 is 0 Å². The fraction of sp³-hybridized carbons (Fsp3) is 0.471. The molecular weight excluding hydrogens is 234 g/mol. The van der Waals surface area contributed by atoms with Gasteiger partial charge in [-0.25, -0.2) is 0 Å². The maximum absolute atomic E-state index is 12.3. The molecule has 2 rings (SSSR count). The summed E-state index contributed by atoms with van der Waals surface area (Å²) in [5, 5.41) is 0. The van der Waals surface area contributed by atoms with Crippen molar-refractivity contribution < 1.29 is 4.79 Å². The van der Waals surface area contributed by atoms with Gasteiger partial charge < -0.3 is 4.90 Å². The Morgan fingerprint density at radius 2 is 1.95 bits per heavy atom. The van der Waals surface area contributed by atoms with Crippen LogP contribution in [0, 0.1) is 11.3 Å². The molecule has 102 valence electrons.